The summed E-state index contributed by atoms with van der Waals surface area (Å²) in [6, 6.07) is 5.45. The summed E-state index contributed by atoms with van der Waals surface area (Å²) in [4.78, 5) is 0. The summed E-state index contributed by atoms with van der Waals surface area (Å²) in [7, 11) is 0. The molecule has 0 radical (unpaired) electrons. The molecule has 1 nitrogen and oxygen atoms in total. The Balaban J connectivity index is 3.02. The summed E-state index contributed by atoms with van der Waals surface area (Å²) in [5, 5.41) is 0.641. The Kier molecular flexibility index (Phi) is 1.32. The topological polar surface area (TPSA) is 11.3 Å². The molecule has 2 heteroatoms. The van der Waals surface area contributed by atoms with Gasteiger partial charge in [-0.2, -0.15) is 0 Å². The van der Waals surface area contributed by atoms with Crippen molar-refractivity contribution in [2.45, 2.75) is 5.09 Å². The summed E-state index contributed by atoms with van der Waals surface area (Å²) in [6.07, 6.45) is 1.59. The fraction of sp³-hybridized carbons (Fsp3) is 0. The maximum absolute atomic E-state index is 4.79. The Hall–Kier alpha value is -0.500. The second-order valence-corrected chi connectivity index (χ2v) is 1.58. The van der Waals surface area contributed by atoms with E-state index in [4.69, 9.17) is 4.42 Å². The first-order chi connectivity index (χ1) is 3.39. The standard InChI is InChI=1S/C5H4OS/c7-5-3-1-2-4-6-5/h1-4H/p+1. The molecule has 0 spiro atoms. The Labute approximate surface area is 47.4 Å². The van der Waals surface area contributed by atoms with Gasteiger partial charge in [0.25, 0.3) is 0 Å². The molecular weight excluding hydrogens is 108 g/mol. The first-order valence-electron chi connectivity index (χ1n) is 1.95. The van der Waals surface area contributed by atoms with Gasteiger partial charge in [0.05, 0.1) is 6.07 Å². The molecular formula is C5H5OS+. The molecule has 1 rings (SSSR count). The molecule has 0 amide bonds. The van der Waals surface area contributed by atoms with Crippen LogP contribution in [0.25, 0.3) is 0 Å². The normalized spacial score (nSPS) is 8.71. The van der Waals surface area contributed by atoms with Gasteiger partial charge in [0.2, 0.25) is 0 Å². The zero-order valence-electron chi connectivity index (χ0n) is 3.66. The first-order valence-corrected chi connectivity index (χ1v) is 2.40. The van der Waals surface area contributed by atoms with Gasteiger partial charge in [0.1, 0.15) is 0 Å². The second-order valence-electron chi connectivity index (χ2n) is 1.14. The number of thiol groups is 1. The van der Waals surface area contributed by atoms with Crippen molar-refractivity contribution in [3.8, 4) is 0 Å². The van der Waals surface area contributed by atoms with Crippen molar-refractivity contribution in [3.63, 3.8) is 0 Å². The van der Waals surface area contributed by atoms with Gasteiger partial charge < -0.3 is 0 Å². The van der Waals surface area contributed by atoms with E-state index in [2.05, 4.69) is 12.6 Å². The van der Waals surface area contributed by atoms with E-state index < -0.39 is 0 Å². The van der Waals surface area contributed by atoms with Crippen LogP contribution in [-0.2, 0) is 0 Å². The van der Waals surface area contributed by atoms with E-state index in [-0.39, 0.29) is 0 Å². The summed E-state index contributed by atoms with van der Waals surface area (Å²) >= 11 is 3.92. The van der Waals surface area contributed by atoms with Gasteiger partial charge in [-0.25, -0.2) is 4.42 Å². The van der Waals surface area contributed by atoms with E-state index in [9.17, 15) is 0 Å². The van der Waals surface area contributed by atoms with E-state index in [1.54, 1.807) is 18.4 Å². The highest BCUT2D eigenvalue weighted by atomic mass is 32.1. The smallest absolute Gasteiger partial charge is 0.209 e. The van der Waals surface area contributed by atoms with Crippen LogP contribution in [0.15, 0.2) is 34.0 Å². The molecule has 1 heterocycles. The van der Waals surface area contributed by atoms with Crippen molar-refractivity contribution in [2.75, 3.05) is 0 Å². The molecule has 36 valence electrons. The van der Waals surface area contributed by atoms with Gasteiger partial charge in [0, 0.05) is 6.07 Å². The van der Waals surface area contributed by atoms with Crippen LogP contribution in [0, 0.1) is 0 Å². The predicted molar refractivity (Wildman–Crippen MR) is 30.4 cm³/mol. The molecule has 0 aliphatic rings. The lowest BCUT2D eigenvalue weighted by atomic mass is 10.5. The maximum Gasteiger partial charge on any atom is 0.383 e. The molecule has 0 aliphatic carbocycles. The van der Waals surface area contributed by atoms with Crippen LogP contribution in [0.1, 0.15) is 0 Å². The minimum Gasteiger partial charge on any atom is -0.209 e. The van der Waals surface area contributed by atoms with E-state index in [0.29, 0.717) is 5.09 Å². The average Bonchev–Trinajstić information content (AvgIpc) is 1.69. The third-order valence-electron chi connectivity index (χ3n) is 0.617. The Morgan fingerprint density at radius 1 is 1.43 bits per heavy atom. The summed E-state index contributed by atoms with van der Waals surface area (Å²) in [5.41, 5.74) is 0. The van der Waals surface area contributed by atoms with E-state index in [0.717, 1.165) is 0 Å². The lowest BCUT2D eigenvalue weighted by Gasteiger charge is -1.67. The highest BCUT2D eigenvalue weighted by Gasteiger charge is 1.90. The third kappa shape index (κ3) is 1.20. The van der Waals surface area contributed by atoms with Crippen LogP contribution in [0.5, 0.6) is 0 Å². The molecule has 0 fully saturated rings. The molecule has 0 aliphatic heterocycles. The zero-order valence-corrected chi connectivity index (χ0v) is 4.56. The van der Waals surface area contributed by atoms with E-state index in [1.165, 1.54) is 0 Å². The maximum atomic E-state index is 4.79. The van der Waals surface area contributed by atoms with Gasteiger partial charge in [-0.3, -0.25) is 0 Å². The molecule has 0 aromatic carbocycles. The van der Waals surface area contributed by atoms with E-state index in [1.807, 2.05) is 6.07 Å². The Morgan fingerprint density at radius 2 is 2.29 bits per heavy atom. The SMILES string of the molecule is Sc1cccc[o+]1. The van der Waals surface area contributed by atoms with Crippen molar-refractivity contribution in [1.82, 2.24) is 0 Å². The highest BCUT2D eigenvalue weighted by Crippen LogP contribution is 2.00. The molecule has 0 saturated heterocycles. The Bertz CT molecular complexity index is 138. The average molecular weight is 113 g/mol. The van der Waals surface area contributed by atoms with Crippen molar-refractivity contribution < 1.29 is 4.42 Å². The minimum absolute atomic E-state index is 0.641. The third-order valence-corrected chi connectivity index (χ3v) is 0.872. The highest BCUT2D eigenvalue weighted by molar-refractivity contribution is 7.80. The fourth-order valence-corrected chi connectivity index (χ4v) is 0.478. The van der Waals surface area contributed by atoms with Crippen molar-refractivity contribution in [3.05, 3.63) is 24.5 Å². The lowest BCUT2D eigenvalue weighted by molar-refractivity contribution is 0.457. The lowest BCUT2D eigenvalue weighted by Crippen LogP contribution is -1.57. The van der Waals surface area contributed by atoms with Gasteiger partial charge in [-0.1, -0.05) is 0 Å². The molecule has 0 unspecified atom stereocenters. The van der Waals surface area contributed by atoms with Crippen LogP contribution < -0.4 is 0 Å². The molecule has 1 aromatic rings. The van der Waals surface area contributed by atoms with Gasteiger partial charge >= 0.3 is 11.4 Å². The molecule has 0 N–H and O–H groups in total. The monoisotopic (exact) mass is 113 g/mol. The summed E-state index contributed by atoms with van der Waals surface area (Å²) in [6.45, 7) is 0. The predicted octanol–water partition coefficient (Wildman–Crippen LogP) is 1.85. The first kappa shape index (κ1) is 4.65. The molecule has 7 heavy (non-hydrogen) atoms. The number of rotatable bonds is 0. The van der Waals surface area contributed by atoms with Crippen molar-refractivity contribution in [1.29, 1.82) is 0 Å². The van der Waals surface area contributed by atoms with Gasteiger partial charge in [-0.05, 0) is 18.7 Å². The molecule has 0 bridgehead atoms. The summed E-state index contributed by atoms with van der Waals surface area (Å²) < 4.78 is 4.79. The minimum atomic E-state index is 0.641. The summed E-state index contributed by atoms with van der Waals surface area (Å²) in [5.74, 6) is 0. The van der Waals surface area contributed by atoms with E-state index >= 15 is 0 Å². The second kappa shape index (κ2) is 1.98. The van der Waals surface area contributed by atoms with Crippen molar-refractivity contribution >= 4 is 12.6 Å². The molecule has 0 saturated carbocycles. The van der Waals surface area contributed by atoms with Gasteiger partial charge in [-0.15, -0.1) is 0 Å². The van der Waals surface area contributed by atoms with Crippen LogP contribution in [-0.4, -0.2) is 0 Å². The van der Waals surface area contributed by atoms with Crippen LogP contribution in [0.4, 0.5) is 0 Å². The molecule has 0 atom stereocenters. The van der Waals surface area contributed by atoms with Gasteiger partial charge in [0.15, 0.2) is 0 Å². The van der Waals surface area contributed by atoms with Crippen molar-refractivity contribution in [2.24, 2.45) is 0 Å². The largest absolute Gasteiger partial charge is 0.383 e. The number of hydrogen-bond donors (Lipinski definition) is 1. The van der Waals surface area contributed by atoms with Crippen LogP contribution >= 0.6 is 12.6 Å². The quantitative estimate of drug-likeness (QED) is 0.399. The Morgan fingerprint density at radius 3 is 2.57 bits per heavy atom. The van der Waals surface area contributed by atoms with Crippen LogP contribution in [0.2, 0.25) is 0 Å². The van der Waals surface area contributed by atoms with Crippen LogP contribution in [0.3, 0.4) is 0 Å². The zero-order chi connectivity index (χ0) is 5.11. The molecule has 1 aromatic heterocycles. The fourth-order valence-electron chi connectivity index (χ4n) is 0.332. The number of hydrogen-bond acceptors (Lipinski definition) is 1.